The Balaban J connectivity index is 1.57. The van der Waals surface area contributed by atoms with Crippen molar-refractivity contribution < 1.29 is 9.13 Å². The molecule has 1 atom stereocenters. The number of nitrogens with zero attached hydrogens (tertiary/aromatic N) is 5. The first-order valence-corrected chi connectivity index (χ1v) is 8.89. The summed E-state index contributed by atoms with van der Waals surface area (Å²) in [7, 11) is 2.15. The first-order chi connectivity index (χ1) is 12.6. The molecule has 0 radical (unpaired) electrons. The van der Waals surface area contributed by atoms with Gasteiger partial charge in [0.2, 0.25) is 11.8 Å². The van der Waals surface area contributed by atoms with Crippen molar-refractivity contribution in [1.29, 1.82) is 0 Å². The third kappa shape index (κ3) is 3.39. The molecular formula is C19H22FN5O. The Hall–Kier alpha value is -2.54. The van der Waals surface area contributed by atoms with E-state index in [2.05, 4.69) is 27.0 Å². The minimum atomic E-state index is -0.461. The number of imidazole rings is 1. The topological polar surface area (TPSA) is 55.5 Å². The van der Waals surface area contributed by atoms with E-state index < -0.39 is 5.95 Å². The maximum absolute atomic E-state index is 13.5. The number of hydrogen-bond acceptors (Lipinski definition) is 5. The summed E-state index contributed by atoms with van der Waals surface area (Å²) in [6.07, 6.45) is 5.61. The zero-order valence-electron chi connectivity index (χ0n) is 15.0. The van der Waals surface area contributed by atoms with Gasteiger partial charge in [-0.05, 0) is 45.5 Å². The van der Waals surface area contributed by atoms with Crippen LogP contribution in [-0.2, 0) is 0 Å². The zero-order valence-corrected chi connectivity index (χ0v) is 15.0. The molecule has 1 aliphatic heterocycles. The molecule has 26 heavy (non-hydrogen) atoms. The molecule has 0 spiro atoms. The number of ether oxygens (including phenoxy) is 1. The summed E-state index contributed by atoms with van der Waals surface area (Å²) in [5.41, 5.74) is 2.74. The molecule has 136 valence electrons. The molecule has 4 heterocycles. The number of aryl methyl sites for hydroxylation is 1. The fourth-order valence-electron chi connectivity index (χ4n) is 3.44. The van der Waals surface area contributed by atoms with Gasteiger partial charge in [-0.1, -0.05) is 0 Å². The van der Waals surface area contributed by atoms with E-state index in [1.807, 2.05) is 12.1 Å². The smallest absolute Gasteiger partial charge is 0.231 e. The number of fused-ring (bicyclic) bond motifs is 1. The molecule has 0 saturated carbocycles. The van der Waals surface area contributed by atoms with Gasteiger partial charge in [0.05, 0.1) is 18.5 Å². The van der Waals surface area contributed by atoms with Crippen molar-refractivity contribution in [3.05, 3.63) is 42.1 Å². The van der Waals surface area contributed by atoms with Gasteiger partial charge in [0.25, 0.3) is 0 Å². The molecule has 1 unspecified atom stereocenters. The van der Waals surface area contributed by atoms with E-state index >= 15 is 0 Å². The van der Waals surface area contributed by atoms with Crippen LogP contribution in [-0.4, -0.2) is 51.2 Å². The average molecular weight is 355 g/mol. The van der Waals surface area contributed by atoms with Crippen molar-refractivity contribution >= 4 is 5.65 Å². The number of likely N-dealkylation sites (tertiary alicyclic amines) is 1. The third-order valence-corrected chi connectivity index (χ3v) is 4.84. The van der Waals surface area contributed by atoms with Crippen molar-refractivity contribution in [1.82, 2.24) is 24.5 Å². The van der Waals surface area contributed by atoms with Crippen LogP contribution in [0.15, 0.2) is 30.6 Å². The van der Waals surface area contributed by atoms with Crippen LogP contribution in [0.3, 0.4) is 0 Å². The van der Waals surface area contributed by atoms with E-state index in [0.29, 0.717) is 29.6 Å². The Morgan fingerprint density at radius 2 is 2.15 bits per heavy atom. The van der Waals surface area contributed by atoms with E-state index in [1.165, 1.54) is 19.0 Å². The van der Waals surface area contributed by atoms with Gasteiger partial charge in [0, 0.05) is 35.9 Å². The van der Waals surface area contributed by atoms with Crippen LogP contribution >= 0.6 is 0 Å². The number of rotatable bonds is 4. The predicted octanol–water partition coefficient (Wildman–Crippen LogP) is 2.96. The van der Waals surface area contributed by atoms with E-state index in [9.17, 15) is 4.39 Å². The van der Waals surface area contributed by atoms with E-state index in [1.54, 1.807) is 23.7 Å². The normalized spacial score (nSPS) is 18.3. The number of hydrogen-bond donors (Lipinski definition) is 0. The molecule has 0 bridgehead atoms. The molecule has 3 aromatic rings. The summed E-state index contributed by atoms with van der Waals surface area (Å²) in [5.74, 6) is 0.631. The van der Waals surface area contributed by atoms with Crippen LogP contribution in [0.5, 0.6) is 5.88 Å². The number of halogens is 1. The highest BCUT2D eigenvalue weighted by Crippen LogP contribution is 2.23. The Labute approximate surface area is 151 Å². The molecule has 1 fully saturated rings. The molecule has 6 nitrogen and oxygen atoms in total. The van der Waals surface area contributed by atoms with Crippen LogP contribution in [0.4, 0.5) is 4.39 Å². The van der Waals surface area contributed by atoms with E-state index in [0.717, 1.165) is 24.3 Å². The minimum Gasteiger partial charge on any atom is -0.476 e. The number of pyridine rings is 1. The second-order valence-corrected chi connectivity index (χ2v) is 7.00. The molecule has 0 amide bonds. The van der Waals surface area contributed by atoms with Gasteiger partial charge in [-0.25, -0.2) is 14.5 Å². The Morgan fingerprint density at radius 3 is 2.96 bits per heavy atom. The number of aromatic nitrogens is 4. The lowest BCUT2D eigenvalue weighted by atomic mass is 10.00. The zero-order chi connectivity index (χ0) is 18.1. The lowest BCUT2D eigenvalue weighted by Gasteiger charge is -2.29. The summed E-state index contributed by atoms with van der Waals surface area (Å²) >= 11 is 0. The summed E-state index contributed by atoms with van der Waals surface area (Å²) < 4.78 is 21.1. The van der Waals surface area contributed by atoms with Gasteiger partial charge in [0.1, 0.15) is 0 Å². The van der Waals surface area contributed by atoms with Crippen LogP contribution in [0.25, 0.3) is 16.9 Å². The average Bonchev–Trinajstić information content (AvgIpc) is 3.05. The molecular weight excluding hydrogens is 333 g/mol. The van der Waals surface area contributed by atoms with Gasteiger partial charge in [-0.2, -0.15) is 4.39 Å². The van der Waals surface area contributed by atoms with Crippen molar-refractivity contribution in [3.63, 3.8) is 0 Å². The highest BCUT2D eigenvalue weighted by molar-refractivity contribution is 5.62. The maximum Gasteiger partial charge on any atom is 0.231 e. The van der Waals surface area contributed by atoms with Gasteiger partial charge in [-0.3, -0.25) is 0 Å². The third-order valence-electron chi connectivity index (χ3n) is 4.84. The fourth-order valence-corrected chi connectivity index (χ4v) is 3.44. The molecule has 3 aromatic heterocycles. The molecule has 4 rings (SSSR count). The Morgan fingerprint density at radius 1 is 1.27 bits per heavy atom. The molecule has 7 heteroatoms. The van der Waals surface area contributed by atoms with Crippen LogP contribution in [0.2, 0.25) is 0 Å². The monoisotopic (exact) mass is 355 g/mol. The SMILES string of the molecule is Cc1cc(-c2cnc3ccc(OCC4CCCN(C)C4)nn23)cnc1F. The first-order valence-electron chi connectivity index (χ1n) is 8.89. The Kier molecular flexibility index (Phi) is 4.55. The lowest BCUT2D eigenvalue weighted by Crippen LogP contribution is -2.34. The van der Waals surface area contributed by atoms with Gasteiger partial charge in [-0.15, -0.1) is 5.10 Å². The second-order valence-electron chi connectivity index (χ2n) is 7.00. The minimum absolute atomic E-state index is 0.461. The van der Waals surface area contributed by atoms with Crippen molar-refractivity contribution in [2.75, 3.05) is 26.7 Å². The number of piperidine rings is 1. The summed E-state index contributed by atoms with van der Waals surface area (Å²) in [4.78, 5) is 10.5. The highest BCUT2D eigenvalue weighted by atomic mass is 19.1. The van der Waals surface area contributed by atoms with Crippen molar-refractivity contribution in [2.45, 2.75) is 19.8 Å². The van der Waals surface area contributed by atoms with Gasteiger partial charge in [0.15, 0.2) is 5.65 Å². The van der Waals surface area contributed by atoms with Crippen molar-refractivity contribution in [3.8, 4) is 17.1 Å². The standard InChI is InChI=1S/C19H22FN5O/c1-13-8-15(9-22-19(13)20)16-10-21-17-5-6-18(23-25(16)17)26-12-14-4-3-7-24(2)11-14/h5-6,8-10,14H,3-4,7,11-12H2,1-2H3. The second kappa shape index (κ2) is 6.99. The van der Waals surface area contributed by atoms with E-state index in [4.69, 9.17) is 4.74 Å². The Bertz CT molecular complexity index is 925. The molecule has 0 aliphatic carbocycles. The molecule has 0 aromatic carbocycles. The fraction of sp³-hybridized carbons (Fsp3) is 0.421. The molecule has 1 saturated heterocycles. The quantitative estimate of drug-likeness (QED) is 0.674. The predicted molar refractivity (Wildman–Crippen MR) is 96.6 cm³/mol. The maximum atomic E-state index is 13.5. The van der Waals surface area contributed by atoms with E-state index in [-0.39, 0.29) is 0 Å². The first kappa shape index (κ1) is 16.9. The van der Waals surface area contributed by atoms with Crippen LogP contribution in [0, 0.1) is 18.8 Å². The highest BCUT2D eigenvalue weighted by Gasteiger charge is 2.18. The molecule has 1 aliphatic rings. The molecule has 0 N–H and O–H groups in total. The lowest BCUT2D eigenvalue weighted by molar-refractivity contribution is 0.146. The summed E-state index contributed by atoms with van der Waals surface area (Å²) in [6.45, 7) is 4.56. The van der Waals surface area contributed by atoms with Crippen LogP contribution < -0.4 is 4.74 Å². The summed E-state index contributed by atoms with van der Waals surface area (Å²) in [6, 6.07) is 5.47. The van der Waals surface area contributed by atoms with Gasteiger partial charge < -0.3 is 9.64 Å². The van der Waals surface area contributed by atoms with Crippen molar-refractivity contribution in [2.24, 2.45) is 5.92 Å². The largest absolute Gasteiger partial charge is 0.476 e. The van der Waals surface area contributed by atoms with Crippen LogP contribution in [0.1, 0.15) is 18.4 Å². The van der Waals surface area contributed by atoms with Gasteiger partial charge >= 0.3 is 0 Å². The summed E-state index contributed by atoms with van der Waals surface area (Å²) in [5, 5.41) is 4.56.